The van der Waals surface area contributed by atoms with Crippen LogP contribution in [-0.4, -0.2) is 66.5 Å². The molecule has 0 aromatic carbocycles. The van der Waals surface area contributed by atoms with Crippen molar-refractivity contribution in [2.75, 3.05) is 39.5 Å². The maximum Gasteiger partial charge on any atom is 0.165 e. The van der Waals surface area contributed by atoms with Crippen LogP contribution in [0.25, 0.3) is 0 Å². The molecule has 0 aromatic heterocycles. The third-order valence-corrected chi connectivity index (χ3v) is 10.6. The highest BCUT2D eigenvalue weighted by Crippen LogP contribution is 2.30. The second-order valence-electron chi connectivity index (χ2n) is 16.4. The Morgan fingerprint density at radius 2 is 0.857 bits per heavy atom. The molecule has 0 aliphatic carbocycles. The van der Waals surface area contributed by atoms with Gasteiger partial charge in [0.1, 0.15) is 0 Å². The normalized spacial score (nSPS) is 13.4. The summed E-state index contributed by atoms with van der Waals surface area (Å²) in [5, 5.41) is 18.1. The van der Waals surface area contributed by atoms with Gasteiger partial charge >= 0.3 is 0 Å². The van der Waals surface area contributed by atoms with Crippen LogP contribution in [0.15, 0.2) is 0 Å². The van der Waals surface area contributed by atoms with Crippen molar-refractivity contribution in [3.8, 4) is 0 Å². The summed E-state index contributed by atoms with van der Waals surface area (Å²) < 4.78 is 11.8. The lowest BCUT2D eigenvalue weighted by molar-refractivity contribution is -0.227. The first-order chi connectivity index (χ1) is 27.0. The van der Waals surface area contributed by atoms with E-state index < -0.39 is 5.79 Å². The molecular formula is C51H113NO4. The summed E-state index contributed by atoms with van der Waals surface area (Å²) in [6.07, 6.45) is 35.2. The van der Waals surface area contributed by atoms with Gasteiger partial charge in [0.2, 0.25) is 0 Å². The van der Waals surface area contributed by atoms with Crippen molar-refractivity contribution in [3.05, 3.63) is 0 Å². The molecule has 0 amide bonds. The first kappa shape index (κ1) is 64.9. The number of aliphatic hydroxyl groups excluding tert-OH is 1. The van der Waals surface area contributed by atoms with Crippen LogP contribution < -0.4 is 0 Å². The Morgan fingerprint density at radius 3 is 1.30 bits per heavy atom. The smallest absolute Gasteiger partial charge is 0.165 e. The fourth-order valence-corrected chi connectivity index (χ4v) is 6.64. The molecule has 4 atom stereocenters. The Labute approximate surface area is 357 Å². The van der Waals surface area contributed by atoms with Crippen LogP contribution >= 0.6 is 0 Å². The van der Waals surface area contributed by atoms with E-state index >= 15 is 0 Å². The van der Waals surface area contributed by atoms with Gasteiger partial charge in [-0.1, -0.05) is 205 Å². The molecule has 0 aliphatic rings. The summed E-state index contributed by atoms with van der Waals surface area (Å²) in [6, 6.07) is 0. The van der Waals surface area contributed by atoms with Crippen LogP contribution in [-0.2, 0) is 9.47 Å². The second kappa shape index (κ2) is 56.9. The molecule has 0 aliphatic heterocycles. The molecule has 5 nitrogen and oxygen atoms in total. The quantitative estimate of drug-likeness (QED) is 0.0494. The lowest BCUT2D eigenvalue weighted by atomic mass is 9.88. The number of nitrogens with zero attached hydrogens (tertiary/aromatic N) is 1. The van der Waals surface area contributed by atoms with Gasteiger partial charge in [-0.2, -0.15) is 0 Å². The third-order valence-electron chi connectivity index (χ3n) is 10.6. The minimum absolute atomic E-state index is 0.250. The van der Waals surface area contributed by atoms with Crippen molar-refractivity contribution in [1.29, 1.82) is 0 Å². The van der Waals surface area contributed by atoms with Crippen molar-refractivity contribution in [2.24, 2.45) is 11.8 Å². The summed E-state index contributed by atoms with van der Waals surface area (Å²) >= 11 is 0. The first-order valence-corrected chi connectivity index (χ1v) is 25.3. The molecule has 4 unspecified atom stereocenters. The molecule has 56 heavy (non-hydrogen) atoms. The zero-order valence-electron chi connectivity index (χ0n) is 41.7. The summed E-state index contributed by atoms with van der Waals surface area (Å²) in [4.78, 5) is 2.50. The van der Waals surface area contributed by atoms with Gasteiger partial charge in [0.15, 0.2) is 5.79 Å². The Bertz CT molecular complexity index is 625. The molecule has 2 N–H and O–H groups in total. The second-order valence-corrected chi connectivity index (χ2v) is 16.4. The highest BCUT2D eigenvalue weighted by molar-refractivity contribution is 4.74. The Hall–Kier alpha value is -0.200. The highest BCUT2D eigenvalue weighted by Gasteiger charge is 2.31. The van der Waals surface area contributed by atoms with Gasteiger partial charge in [0.05, 0.1) is 12.7 Å². The summed E-state index contributed by atoms with van der Waals surface area (Å²) in [5.74, 6) is 0.149. The molecule has 0 spiro atoms. The SMILES string of the molecule is CCC.CCCCCCC(CCCC)C(C)(O)OCCCC.CCCCCCN(CC)CC.CCCCCCOC(C)C(CCCC)CCCCCC.CCO. The van der Waals surface area contributed by atoms with E-state index in [-0.39, 0.29) is 6.61 Å². The van der Waals surface area contributed by atoms with Crippen LogP contribution in [0.5, 0.6) is 0 Å². The highest BCUT2D eigenvalue weighted by atomic mass is 16.6. The predicted octanol–water partition coefficient (Wildman–Crippen LogP) is 16.4. The van der Waals surface area contributed by atoms with E-state index in [1.807, 2.05) is 6.92 Å². The van der Waals surface area contributed by atoms with E-state index in [0.29, 0.717) is 18.6 Å². The molecule has 0 saturated carbocycles. The maximum atomic E-state index is 10.6. The molecule has 0 bridgehead atoms. The Kier molecular flexibility index (Phi) is 66.0. The zero-order valence-corrected chi connectivity index (χ0v) is 41.7. The van der Waals surface area contributed by atoms with Crippen LogP contribution in [0.4, 0.5) is 0 Å². The van der Waals surface area contributed by atoms with Crippen molar-refractivity contribution >= 4 is 0 Å². The maximum absolute atomic E-state index is 10.6. The number of ether oxygens (including phenoxy) is 2. The van der Waals surface area contributed by atoms with E-state index in [9.17, 15) is 5.11 Å². The average molecular weight is 804 g/mol. The largest absolute Gasteiger partial charge is 0.397 e. The molecule has 0 saturated heterocycles. The molecule has 0 aromatic rings. The average Bonchev–Trinajstić information content (AvgIpc) is 3.18. The lowest BCUT2D eigenvalue weighted by Crippen LogP contribution is -2.38. The summed E-state index contributed by atoms with van der Waals surface area (Å²) in [5.41, 5.74) is 0. The number of unbranched alkanes of at least 4 members (excludes halogenated alkanes) is 15. The van der Waals surface area contributed by atoms with Crippen molar-refractivity contribution in [2.45, 2.75) is 282 Å². The topological polar surface area (TPSA) is 62.2 Å². The summed E-state index contributed by atoms with van der Waals surface area (Å²) in [6.45, 7) is 35.9. The van der Waals surface area contributed by atoms with E-state index in [4.69, 9.17) is 14.6 Å². The number of hydrogen-bond acceptors (Lipinski definition) is 5. The van der Waals surface area contributed by atoms with E-state index in [2.05, 4.69) is 88.0 Å². The Morgan fingerprint density at radius 1 is 0.482 bits per heavy atom. The molecule has 5 heteroatoms. The van der Waals surface area contributed by atoms with Crippen molar-refractivity contribution < 1.29 is 19.7 Å². The molecular weight excluding hydrogens is 691 g/mol. The van der Waals surface area contributed by atoms with Gasteiger partial charge < -0.3 is 24.6 Å². The third kappa shape index (κ3) is 53.8. The number of rotatable bonds is 35. The Balaban J connectivity index is -0.000000223. The first-order valence-electron chi connectivity index (χ1n) is 25.3. The van der Waals surface area contributed by atoms with Gasteiger partial charge in [-0.3, -0.25) is 0 Å². The predicted molar refractivity (Wildman–Crippen MR) is 255 cm³/mol. The summed E-state index contributed by atoms with van der Waals surface area (Å²) in [7, 11) is 0. The standard InChI is InChI=1S/C19H40O.C17H36O2.C10H23N.C3H8.C2H6O/c1-5-8-11-13-16-19(15-10-7-3)18(4)20-17-14-12-9-6-2;1-5-8-11-12-14-16(13-9-6-2)17(4,18)19-15-10-7-3;1-4-7-8-9-10-11(5-2)6-3;1-3-2;1-2-3/h18-19H,5-17H2,1-4H3;16,18H,5-15H2,1-4H3;4-10H2,1-3H3;3H2,1-2H3;3H,2H2,1H3. The molecule has 0 fully saturated rings. The fourth-order valence-electron chi connectivity index (χ4n) is 6.64. The fraction of sp³-hybridized carbons (Fsp3) is 1.00. The number of aliphatic hydroxyl groups is 2. The van der Waals surface area contributed by atoms with Crippen LogP contribution in [0, 0.1) is 11.8 Å². The minimum Gasteiger partial charge on any atom is -0.397 e. The van der Waals surface area contributed by atoms with Gasteiger partial charge in [-0.15, -0.1) is 0 Å². The molecule has 0 heterocycles. The molecule has 346 valence electrons. The molecule has 0 radical (unpaired) electrons. The van der Waals surface area contributed by atoms with Crippen molar-refractivity contribution in [3.63, 3.8) is 0 Å². The minimum atomic E-state index is -0.934. The van der Waals surface area contributed by atoms with Gasteiger partial charge in [0.25, 0.3) is 0 Å². The van der Waals surface area contributed by atoms with Gasteiger partial charge in [0, 0.05) is 19.1 Å². The van der Waals surface area contributed by atoms with E-state index in [1.54, 1.807) is 6.92 Å². The van der Waals surface area contributed by atoms with Crippen LogP contribution in [0.3, 0.4) is 0 Å². The monoisotopic (exact) mass is 804 g/mol. The number of hydrogen-bond donors (Lipinski definition) is 2. The van der Waals surface area contributed by atoms with E-state index in [1.165, 1.54) is 167 Å². The van der Waals surface area contributed by atoms with Gasteiger partial charge in [-0.05, 0) is 91.3 Å². The zero-order chi connectivity index (χ0) is 43.6. The van der Waals surface area contributed by atoms with Crippen molar-refractivity contribution in [1.82, 2.24) is 4.90 Å². The molecule has 0 rings (SSSR count). The lowest BCUT2D eigenvalue weighted by Gasteiger charge is -2.33. The van der Waals surface area contributed by atoms with Gasteiger partial charge in [-0.25, -0.2) is 0 Å². The van der Waals surface area contributed by atoms with E-state index in [0.717, 1.165) is 38.2 Å². The van der Waals surface area contributed by atoms with Crippen LogP contribution in [0.1, 0.15) is 270 Å². The van der Waals surface area contributed by atoms with Crippen LogP contribution in [0.2, 0.25) is 0 Å².